The summed E-state index contributed by atoms with van der Waals surface area (Å²) in [5.74, 6) is 7.93. The largest absolute Gasteiger partial charge is 0.474 e. The van der Waals surface area contributed by atoms with E-state index in [-0.39, 0.29) is 6.10 Å². The van der Waals surface area contributed by atoms with Gasteiger partial charge >= 0.3 is 0 Å². The van der Waals surface area contributed by atoms with E-state index < -0.39 is 0 Å². The second-order valence-corrected chi connectivity index (χ2v) is 6.44. The third-order valence-corrected chi connectivity index (χ3v) is 3.60. The van der Waals surface area contributed by atoms with Crippen molar-refractivity contribution in [2.45, 2.75) is 53.1 Å². The fraction of sp³-hybridized carbons (Fsp3) is 0.714. The van der Waals surface area contributed by atoms with Crippen molar-refractivity contribution in [3.63, 3.8) is 0 Å². The van der Waals surface area contributed by atoms with E-state index in [0.717, 1.165) is 12.8 Å². The molecule has 0 aliphatic heterocycles. The van der Waals surface area contributed by atoms with E-state index in [1.807, 2.05) is 6.92 Å². The van der Waals surface area contributed by atoms with Crippen molar-refractivity contribution in [2.24, 2.45) is 17.2 Å². The van der Waals surface area contributed by atoms with Crippen LogP contribution in [0.2, 0.25) is 0 Å². The number of hydrogen-bond acceptors (Lipinski definition) is 5. The molecule has 0 bridgehead atoms. The third-order valence-electron chi connectivity index (χ3n) is 3.60. The number of anilines is 1. The van der Waals surface area contributed by atoms with Crippen LogP contribution < -0.4 is 16.0 Å². The Morgan fingerprint density at radius 2 is 2.11 bits per heavy atom. The molecule has 106 valence electrons. The van der Waals surface area contributed by atoms with Gasteiger partial charge in [0, 0.05) is 6.07 Å². The van der Waals surface area contributed by atoms with Crippen LogP contribution in [-0.4, -0.2) is 16.1 Å². The number of hydrazine groups is 1. The monoisotopic (exact) mass is 264 g/mol. The van der Waals surface area contributed by atoms with Crippen molar-refractivity contribution in [3.05, 3.63) is 11.9 Å². The zero-order chi connectivity index (χ0) is 14.0. The Balaban J connectivity index is 2.10. The first kappa shape index (κ1) is 14.1. The molecule has 1 aromatic rings. The first-order valence-corrected chi connectivity index (χ1v) is 6.87. The van der Waals surface area contributed by atoms with Crippen LogP contribution in [0, 0.1) is 18.3 Å². The molecular formula is C14H24N4O. The molecule has 0 spiro atoms. The highest BCUT2D eigenvalue weighted by Gasteiger charge is 2.33. The van der Waals surface area contributed by atoms with Gasteiger partial charge in [0.05, 0.1) is 0 Å². The van der Waals surface area contributed by atoms with Crippen molar-refractivity contribution in [3.8, 4) is 5.88 Å². The van der Waals surface area contributed by atoms with E-state index in [1.54, 1.807) is 6.07 Å². The van der Waals surface area contributed by atoms with Gasteiger partial charge in [-0.1, -0.05) is 20.8 Å². The fourth-order valence-corrected chi connectivity index (χ4v) is 3.19. The highest BCUT2D eigenvalue weighted by atomic mass is 16.5. The molecular weight excluding hydrogens is 240 g/mol. The lowest BCUT2D eigenvalue weighted by Gasteiger charge is -2.38. The molecule has 1 heterocycles. The summed E-state index contributed by atoms with van der Waals surface area (Å²) in [5.41, 5.74) is 2.87. The van der Waals surface area contributed by atoms with Gasteiger partial charge in [0.2, 0.25) is 5.88 Å². The maximum Gasteiger partial charge on any atom is 0.219 e. The van der Waals surface area contributed by atoms with E-state index in [1.165, 1.54) is 6.42 Å². The smallest absolute Gasteiger partial charge is 0.219 e. The molecule has 1 fully saturated rings. The topological polar surface area (TPSA) is 73.1 Å². The molecule has 5 nitrogen and oxygen atoms in total. The quantitative estimate of drug-likeness (QED) is 0.648. The van der Waals surface area contributed by atoms with E-state index >= 15 is 0 Å². The third kappa shape index (κ3) is 3.80. The molecule has 1 aromatic heterocycles. The van der Waals surface area contributed by atoms with Crippen molar-refractivity contribution >= 4 is 5.82 Å². The predicted octanol–water partition coefficient (Wildman–Crippen LogP) is 2.66. The van der Waals surface area contributed by atoms with E-state index in [0.29, 0.717) is 28.9 Å². The highest BCUT2D eigenvalue weighted by Crippen LogP contribution is 2.39. The van der Waals surface area contributed by atoms with E-state index in [4.69, 9.17) is 10.6 Å². The number of aryl methyl sites for hydroxylation is 1. The number of ether oxygens (including phenoxy) is 1. The first-order valence-electron chi connectivity index (χ1n) is 6.87. The molecule has 5 heteroatoms. The normalized spacial score (nSPS) is 25.9. The SMILES string of the molecule is Cc1nc(NN)cc(OC2CC(C)CC(C)(C)C2)n1. The number of nitrogen functional groups attached to an aromatic ring is 1. The van der Waals surface area contributed by atoms with Gasteiger partial charge in [0.25, 0.3) is 0 Å². The molecule has 19 heavy (non-hydrogen) atoms. The van der Waals surface area contributed by atoms with Gasteiger partial charge < -0.3 is 10.2 Å². The fourth-order valence-electron chi connectivity index (χ4n) is 3.19. The maximum atomic E-state index is 6.04. The lowest BCUT2D eigenvalue weighted by Crippen LogP contribution is -2.34. The number of nitrogens with one attached hydrogen (secondary N) is 1. The zero-order valence-corrected chi connectivity index (χ0v) is 12.2. The Morgan fingerprint density at radius 3 is 2.74 bits per heavy atom. The average Bonchev–Trinajstić information content (AvgIpc) is 2.24. The van der Waals surface area contributed by atoms with Crippen LogP contribution in [0.5, 0.6) is 5.88 Å². The molecule has 0 amide bonds. The Hall–Kier alpha value is -1.36. The Morgan fingerprint density at radius 1 is 1.37 bits per heavy atom. The van der Waals surface area contributed by atoms with Gasteiger partial charge in [0.15, 0.2) is 0 Å². The van der Waals surface area contributed by atoms with Crippen LogP contribution in [0.25, 0.3) is 0 Å². The summed E-state index contributed by atoms with van der Waals surface area (Å²) in [4.78, 5) is 8.48. The number of aromatic nitrogens is 2. The minimum Gasteiger partial charge on any atom is -0.474 e. The summed E-state index contributed by atoms with van der Waals surface area (Å²) >= 11 is 0. The number of nitrogens with two attached hydrogens (primary N) is 1. The standard InChI is InChI=1S/C14H24N4O/c1-9-5-11(8-14(3,4)7-9)19-13-6-12(18-15)16-10(2)17-13/h6,9,11H,5,7-8,15H2,1-4H3,(H,16,17,18). The van der Waals surface area contributed by atoms with Gasteiger partial charge in [-0.05, 0) is 37.5 Å². The second kappa shape index (κ2) is 5.33. The van der Waals surface area contributed by atoms with Crippen LogP contribution in [0.4, 0.5) is 5.82 Å². The number of rotatable bonds is 3. The summed E-state index contributed by atoms with van der Waals surface area (Å²) in [5, 5.41) is 0. The Bertz CT molecular complexity index is 447. The molecule has 1 saturated carbocycles. The highest BCUT2D eigenvalue weighted by molar-refractivity contribution is 5.36. The summed E-state index contributed by atoms with van der Waals surface area (Å²) in [6.45, 7) is 8.73. The zero-order valence-electron chi connectivity index (χ0n) is 12.2. The van der Waals surface area contributed by atoms with E-state index in [9.17, 15) is 0 Å². The van der Waals surface area contributed by atoms with Crippen molar-refractivity contribution in [2.75, 3.05) is 5.43 Å². The van der Waals surface area contributed by atoms with Crippen LogP contribution in [0.3, 0.4) is 0 Å². The van der Waals surface area contributed by atoms with Crippen LogP contribution in [0.15, 0.2) is 6.07 Å². The number of nitrogens with zero attached hydrogens (tertiary/aromatic N) is 2. The molecule has 0 aromatic carbocycles. The molecule has 2 atom stereocenters. The van der Waals surface area contributed by atoms with Crippen LogP contribution >= 0.6 is 0 Å². The van der Waals surface area contributed by atoms with Gasteiger partial charge in [0.1, 0.15) is 17.7 Å². The lowest BCUT2D eigenvalue weighted by atomic mass is 9.71. The molecule has 0 radical (unpaired) electrons. The second-order valence-electron chi connectivity index (χ2n) is 6.44. The first-order chi connectivity index (χ1) is 8.88. The summed E-state index contributed by atoms with van der Waals surface area (Å²) in [6, 6.07) is 1.75. The molecule has 2 unspecified atom stereocenters. The number of hydrogen-bond donors (Lipinski definition) is 2. The van der Waals surface area contributed by atoms with E-state index in [2.05, 4.69) is 36.2 Å². The maximum absolute atomic E-state index is 6.04. The minimum atomic E-state index is 0.221. The summed E-state index contributed by atoms with van der Waals surface area (Å²) < 4.78 is 6.04. The Kier molecular flexibility index (Phi) is 3.94. The van der Waals surface area contributed by atoms with Crippen molar-refractivity contribution in [1.29, 1.82) is 0 Å². The minimum absolute atomic E-state index is 0.221. The molecule has 0 saturated heterocycles. The summed E-state index contributed by atoms with van der Waals surface area (Å²) in [6.07, 6.45) is 3.62. The van der Waals surface area contributed by atoms with Gasteiger partial charge in [-0.15, -0.1) is 0 Å². The van der Waals surface area contributed by atoms with Gasteiger partial charge in [-0.3, -0.25) is 0 Å². The summed E-state index contributed by atoms with van der Waals surface area (Å²) in [7, 11) is 0. The van der Waals surface area contributed by atoms with Crippen LogP contribution in [0.1, 0.15) is 45.9 Å². The average molecular weight is 264 g/mol. The van der Waals surface area contributed by atoms with Crippen molar-refractivity contribution < 1.29 is 4.74 Å². The van der Waals surface area contributed by atoms with Crippen LogP contribution in [-0.2, 0) is 0 Å². The molecule has 1 aliphatic carbocycles. The molecule has 2 rings (SSSR count). The lowest BCUT2D eigenvalue weighted by molar-refractivity contribution is 0.0531. The van der Waals surface area contributed by atoms with Gasteiger partial charge in [-0.25, -0.2) is 10.8 Å². The molecule has 1 aliphatic rings. The molecule has 3 N–H and O–H groups in total. The Labute approximate surface area is 114 Å². The van der Waals surface area contributed by atoms with Crippen molar-refractivity contribution in [1.82, 2.24) is 9.97 Å². The van der Waals surface area contributed by atoms with Gasteiger partial charge in [-0.2, -0.15) is 4.98 Å². The predicted molar refractivity (Wildman–Crippen MR) is 75.8 cm³/mol.